The first kappa shape index (κ1) is 23.7. The first-order valence-electron chi connectivity index (χ1n) is 11.0. The Morgan fingerprint density at radius 2 is 1.94 bits per heavy atom. The SMILES string of the molecule is CC1C(C(=O)Nc2ccc(C(=O)O)c(F)c2)=CC2=C(OC(C)(C)C=C2C2CCOCC2)C1Br. The zero-order chi connectivity index (χ0) is 23.9. The Bertz CT molecular complexity index is 1080. The van der Waals surface area contributed by atoms with Gasteiger partial charge in [-0.05, 0) is 68.5 Å². The minimum Gasteiger partial charge on any atom is -0.486 e. The molecular weight excluding hydrogens is 493 g/mol. The standard InChI is InChI=1S/C25H27BrFNO5/c1-13-17(23(29)28-15-4-5-16(24(30)31)20(27)10-15)11-18-19(14-6-8-32-9-7-14)12-25(2,3)33-22(18)21(13)26/h4-5,10-14,21H,6-9H2,1-3H3,(H,28,29)(H,30,31). The van der Waals surface area contributed by atoms with Gasteiger partial charge < -0.3 is 19.9 Å². The lowest BCUT2D eigenvalue weighted by Gasteiger charge is -2.41. The number of hydrogen-bond donors (Lipinski definition) is 2. The van der Waals surface area contributed by atoms with Crippen LogP contribution in [0.3, 0.4) is 0 Å². The van der Waals surface area contributed by atoms with Crippen molar-refractivity contribution in [1.82, 2.24) is 0 Å². The third-order valence-electron chi connectivity index (χ3n) is 6.31. The van der Waals surface area contributed by atoms with Crippen LogP contribution in [0.15, 0.2) is 52.8 Å². The fraction of sp³-hybridized carbons (Fsp3) is 0.440. The lowest BCUT2D eigenvalue weighted by molar-refractivity contribution is -0.113. The number of halogens is 2. The van der Waals surface area contributed by atoms with Crippen molar-refractivity contribution in [3.05, 3.63) is 64.2 Å². The molecule has 3 aliphatic rings. The number of benzene rings is 1. The van der Waals surface area contributed by atoms with Crippen molar-refractivity contribution in [3.63, 3.8) is 0 Å². The molecule has 33 heavy (non-hydrogen) atoms. The molecule has 1 saturated heterocycles. The fourth-order valence-electron chi connectivity index (χ4n) is 4.58. The summed E-state index contributed by atoms with van der Waals surface area (Å²) in [6.07, 6.45) is 5.84. The minimum absolute atomic E-state index is 0.197. The van der Waals surface area contributed by atoms with Crippen LogP contribution >= 0.6 is 15.9 Å². The minimum atomic E-state index is -1.36. The van der Waals surface area contributed by atoms with E-state index in [1.54, 1.807) is 0 Å². The highest BCUT2D eigenvalue weighted by atomic mass is 79.9. The molecule has 1 amide bonds. The number of alkyl halides is 1. The lowest BCUT2D eigenvalue weighted by atomic mass is 9.77. The van der Waals surface area contributed by atoms with E-state index in [2.05, 4.69) is 27.3 Å². The van der Waals surface area contributed by atoms with Gasteiger partial charge in [0.2, 0.25) is 0 Å². The summed E-state index contributed by atoms with van der Waals surface area (Å²) in [5, 5.41) is 11.7. The molecule has 0 bridgehead atoms. The molecule has 2 unspecified atom stereocenters. The maximum atomic E-state index is 14.1. The van der Waals surface area contributed by atoms with Gasteiger partial charge in [0.05, 0.1) is 10.4 Å². The largest absolute Gasteiger partial charge is 0.486 e. The molecule has 8 heteroatoms. The highest BCUT2D eigenvalue weighted by molar-refractivity contribution is 9.09. The summed E-state index contributed by atoms with van der Waals surface area (Å²) in [6.45, 7) is 7.40. The number of aromatic carboxylic acids is 1. The summed E-state index contributed by atoms with van der Waals surface area (Å²) in [4.78, 5) is 24.0. The summed E-state index contributed by atoms with van der Waals surface area (Å²) in [5.41, 5.74) is 1.92. The predicted molar refractivity (Wildman–Crippen MR) is 126 cm³/mol. The first-order chi connectivity index (χ1) is 15.6. The van der Waals surface area contributed by atoms with E-state index in [4.69, 9.17) is 14.6 Å². The monoisotopic (exact) mass is 519 g/mol. The van der Waals surface area contributed by atoms with E-state index in [1.807, 2.05) is 26.8 Å². The molecule has 1 aromatic rings. The molecule has 1 fully saturated rings. The van der Waals surface area contributed by atoms with Crippen molar-refractivity contribution < 1.29 is 28.6 Å². The zero-order valence-corrected chi connectivity index (χ0v) is 20.4. The maximum Gasteiger partial charge on any atom is 0.338 e. The number of hydrogen-bond acceptors (Lipinski definition) is 4. The highest BCUT2D eigenvalue weighted by Crippen LogP contribution is 2.46. The number of nitrogens with one attached hydrogen (secondary N) is 1. The average molecular weight is 520 g/mol. The highest BCUT2D eigenvalue weighted by Gasteiger charge is 2.40. The molecule has 2 aliphatic heterocycles. The Morgan fingerprint density at radius 3 is 2.58 bits per heavy atom. The summed E-state index contributed by atoms with van der Waals surface area (Å²) in [6, 6.07) is 3.54. The Balaban J connectivity index is 1.66. The number of ether oxygens (including phenoxy) is 2. The van der Waals surface area contributed by atoms with Crippen LogP contribution in [-0.2, 0) is 14.3 Å². The van der Waals surface area contributed by atoms with Crippen LogP contribution in [0.2, 0.25) is 0 Å². The molecule has 0 aromatic heterocycles. The Kier molecular flexibility index (Phi) is 6.51. The fourth-order valence-corrected chi connectivity index (χ4v) is 5.21. The number of carbonyl (C=O) groups excluding carboxylic acids is 1. The van der Waals surface area contributed by atoms with E-state index in [1.165, 1.54) is 11.6 Å². The maximum absolute atomic E-state index is 14.1. The van der Waals surface area contributed by atoms with Gasteiger partial charge >= 0.3 is 5.97 Å². The second-order valence-electron chi connectivity index (χ2n) is 9.21. The van der Waals surface area contributed by atoms with Gasteiger partial charge in [0.25, 0.3) is 5.91 Å². The lowest BCUT2D eigenvalue weighted by Crippen LogP contribution is -2.37. The van der Waals surface area contributed by atoms with Crippen LogP contribution in [0.5, 0.6) is 0 Å². The number of anilines is 1. The van der Waals surface area contributed by atoms with E-state index >= 15 is 0 Å². The van der Waals surface area contributed by atoms with Gasteiger partial charge in [-0.2, -0.15) is 0 Å². The number of carboxylic acids is 1. The molecule has 176 valence electrons. The Hall–Kier alpha value is -2.45. The Labute approximate surface area is 200 Å². The van der Waals surface area contributed by atoms with Gasteiger partial charge in [-0.15, -0.1) is 0 Å². The van der Waals surface area contributed by atoms with E-state index in [0.29, 0.717) is 24.7 Å². The number of rotatable bonds is 4. The molecule has 1 aliphatic carbocycles. The zero-order valence-electron chi connectivity index (χ0n) is 18.8. The second kappa shape index (κ2) is 9.06. The summed E-state index contributed by atoms with van der Waals surface area (Å²) >= 11 is 3.75. The molecule has 2 atom stereocenters. The third kappa shape index (κ3) is 4.77. The quantitative estimate of drug-likeness (QED) is 0.532. The molecule has 0 saturated carbocycles. The normalized spacial score (nSPS) is 24.9. The molecule has 4 rings (SSSR count). The Morgan fingerprint density at radius 1 is 1.24 bits per heavy atom. The summed E-state index contributed by atoms with van der Waals surface area (Å²) in [7, 11) is 0. The van der Waals surface area contributed by atoms with E-state index in [0.717, 1.165) is 36.3 Å². The van der Waals surface area contributed by atoms with E-state index in [9.17, 15) is 14.0 Å². The molecule has 1 aromatic carbocycles. The van der Waals surface area contributed by atoms with E-state index in [-0.39, 0.29) is 22.3 Å². The summed E-state index contributed by atoms with van der Waals surface area (Å²) < 4.78 is 26.0. The van der Waals surface area contributed by atoms with Gasteiger partial charge in [0.15, 0.2) is 0 Å². The smallest absolute Gasteiger partial charge is 0.338 e. The molecule has 0 spiro atoms. The van der Waals surface area contributed by atoms with Gasteiger partial charge in [0, 0.05) is 36.0 Å². The van der Waals surface area contributed by atoms with Gasteiger partial charge in [-0.3, -0.25) is 4.79 Å². The molecule has 2 heterocycles. The van der Waals surface area contributed by atoms with Crippen molar-refractivity contribution in [2.75, 3.05) is 18.5 Å². The van der Waals surface area contributed by atoms with Crippen LogP contribution < -0.4 is 5.32 Å². The predicted octanol–water partition coefficient (Wildman–Crippen LogP) is 5.22. The third-order valence-corrected chi connectivity index (χ3v) is 7.52. The van der Waals surface area contributed by atoms with Crippen molar-refractivity contribution >= 4 is 33.5 Å². The molecule has 6 nitrogen and oxygen atoms in total. The van der Waals surface area contributed by atoms with Crippen molar-refractivity contribution in [1.29, 1.82) is 0 Å². The topological polar surface area (TPSA) is 84.9 Å². The number of carbonyl (C=O) groups is 2. The van der Waals surface area contributed by atoms with Crippen molar-refractivity contribution in [2.24, 2.45) is 11.8 Å². The van der Waals surface area contributed by atoms with Gasteiger partial charge in [-0.1, -0.05) is 22.9 Å². The second-order valence-corrected chi connectivity index (χ2v) is 10.2. The van der Waals surface area contributed by atoms with Gasteiger partial charge in [-0.25, -0.2) is 9.18 Å². The molecular formula is C25H27BrFNO5. The van der Waals surface area contributed by atoms with Crippen LogP contribution in [0.4, 0.5) is 10.1 Å². The molecule has 2 N–H and O–H groups in total. The molecule has 0 radical (unpaired) electrons. The van der Waals surface area contributed by atoms with Crippen molar-refractivity contribution in [2.45, 2.75) is 44.0 Å². The average Bonchev–Trinajstić information content (AvgIpc) is 2.76. The van der Waals surface area contributed by atoms with Crippen LogP contribution in [-0.4, -0.2) is 40.6 Å². The van der Waals surface area contributed by atoms with E-state index < -0.39 is 23.0 Å². The first-order valence-corrected chi connectivity index (χ1v) is 11.9. The number of amides is 1. The number of carboxylic acid groups (broad SMARTS) is 1. The summed E-state index contributed by atoms with van der Waals surface area (Å²) in [5.74, 6) is -1.68. The number of allylic oxidation sites excluding steroid dienone is 4. The van der Waals surface area contributed by atoms with Gasteiger partial charge in [0.1, 0.15) is 17.2 Å². The van der Waals surface area contributed by atoms with Crippen molar-refractivity contribution in [3.8, 4) is 0 Å². The van der Waals surface area contributed by atoms with Crippen LogP contribution in [0.1, 0.15) is 44.0 Å². The van der Waals surface area contributed by atoms with Crippen LogP contribution in [0.25, 0.3) is 0 Å². The van der Waals surface area contributed by atoms with Crippen LogP contribution in [0, 0.1) is 17.7 Å².